The molecule has 0 radical (unpaired) electrons. The molecule has 2 N–H and O–H groups in total. The maximum Gasteiger partial charge on any atom is 0.245 e. The van der Waals surface area contributed by atoms with Crippen molar-refractivity contribution in [1.82, 2.24) is 14.9 Å². The van der Waals surface area contributed by atoms with Crippen molar-refractivity contribution in [3.05, 3.63) is 30.1 Å². The summed E-state index contributed by atoms with van der Waals surface area (Å²) in [6, 6.07) is 5.57. The topological polar surface area (TPSA) is 78.5 Å². The first kappa shape index (κ1) is 19.3. The zero-order chi connectivity index (χ0) is 18.7. The summed E-state index contributed by atoms with van der Waals surface area (Å²) in [5.74, 6) is -0.544. The number of hydrogen-bond donors (Lipinski definition) is 2. The van der Waals surface area contributed by atoms with Crippen molar-refractivity contribution in [2.75, 3.05) is 26.2 Å². The molecule has 2 unspecified atom stereocenters. The number of nitrogens with one attached hydrogen (secondary N) is 2. The van der Waals surface area contributed by atoms with Gasteiger partial charge in [-0.25, -0.2) is 12.8 Å². The van der Waals surface area contributed by atoms with Crippen LogP contribution in [-0.4, -0.2) is 50.9 Å². The molecule has 2 fully saturated rings. The van der Waals surface area contributed by atoms with Gasteiger partial charge in [-0.15, -0.1) is 0 Å². The lowest BCUT2D eigenvalue weighted by molar-refractivity contribution is -0.127. The molecule has 2 atom stereocenters. The molecule has 1 aromatic carbocycles. The second-order valence-electron chi connectivity index (χ2n) is 7.19. The van der Waals surface area contributed by atoms with Gasteiger partial charge in [-0.05, 0) is 50.4 Å². The van der Waals surface area contributed by atoms with E-state index in [2.05, 4.69) is 17.6 Å². The second kappa shape index (κ2) is 8.02. The van der Waals surface area contributed by atoms with Crippen molar-refractivity contribution in [3.63, 3.8) is 0 Å². The monoisotopic (exact) mass is 383 g/mol. The quantitative estimate of drug-likeness (QED) is 0.823. The third-order valence-electron chi connectivity index (χ3n) is 5.39. The molecule has 8 heteroatoms. The molecule has 1 amide bonds. The maximum atomic E-state index is 13.9. The molecule has 2 saturated heterocycles. The average molecular weight is 383 g/mol. The summed E-state index contributed by atoms with van der Waals surface area (Å²) >= 11 is 0. The molecule has 3 rings (SSSR count). The largest absolute Gasteiger partial charge is 0.353 e. The van der Waals surface area contributed by atoms with Crippen molar-refractivity contribution >= 4 is 15.9 Å². The predicted molar refractivity (Wildman–Crippen MR) is 96.5 cm³/mol. The summed E-state index contributed by atoms with van der Waals surface area (Å²) in [5.41, 5.74) is 0. The van der Waals surface area contributed by atoms with E-state index in [4.69, 9.17) is 0 Å². The Bertz CT molecular complexity index is 748. The van der Waals surface area contributed by atoms with Crippen molar-refractivity contribution in [2.24, 2.45) is 11.8 Å². The van der Waals surface area contributed by atoms with Gasteiger partial charge in [-0.3, -0.25) is 4.79 Å². The normalized spacial score (nSPS) is 25.8. The second-order valence-corrected chi connectivity index (χ2v) is 9.10. The van der Waals surface area contributed by atoms with Crippen LogP contribution in [-0.2, 0) is 14.8 Å². The third-order valence-corrected chi connectivity index (χ3v) is 7.32. The number of hydrogen-bond acceptors (Lipinski definition) is 4. The Morgan fingerprint density at radius 1 is 1.23 bits per heavy atom. The smallest absolute Gasteiger partial charge is 0.245 e. The first-order chi connectivity index (χ1) is 12.4. The minimum absolute atomic E-state index is 0.00619. The predicted octanol–water partition coefficient (Wildman–Crippen LogP) is 1.34. The fourth-order valence-electron chi connectivity index (χ4n) is 3.68. The minimum atomic E-state index is -3.86. The van der Waals surface area contributed by atoms with Crippen LogP contribution in [0.1, 0.15) is 26.2 Å². The lowest BCUT2D eigenvalue weighted by Gasteiger charge is -2.34. The number of carbonyl (C=O) groups excluding carboxylic acids is 1. The van der Waals surface area contributed by atoms with Crippen LogP contribution in [0.3, 0.4) is 0 Å². The number of amides is 1. The highest BCUT2D eigenvalue weighted by Crippen LogP contribution is 2.25. The van der Waals surface area contributed by atoms with E-state index in [1.165, 1.54) is 22.5 Å². The Balaban J connectivity index is 1.58. The van der Waals surface area contributed by atoms with Gasteiger partial charge in [0.2, 0.25) is 15.9 Å². The SMILES string of the molecule is CC1CNCCC1NC(=O)C1CCN(S(=O)(=O)c2ccccc2F)CC1. The highest BCUT2D eigenvalue weighted by Gasteiger charge is 2.34. The molecule has 0 aliphatic carbocycles. The molecule has 2 heterocycles. The van der Waals surface area contributed by atoms with E-state index in [-0.39, 0.29) is 35.9 Å². The van der Waals surface area contributed by atoms with Gasteiger partial charge in [0.15, 0.2) is 0 Å². The summed E-state index contributed by atoms with van der Waals surface area (Å²) in [4.78, 5) is 12.2. The lowest BCUT2D eigenvalue weighted by atomic mass is 9.92. The van der Waals surface area contributed by atoms with Gasteiger partial charge in [0.1, 0.15) is 10.7 Å². The summed E-state index contributed by atoms with van der Waals surface area (Å²) < 4.78 is 40.4. The molecule has 0 aromatic heterocycles. The van der Waals surface area contributed by atoms with E-state index in [1.807, 2.05) is 0 Å². The van der Waals surface area contributed by atoms with Crippen LogP contribution in [0.15, 0.2) is 29.2 Å². The number of benzene rings is 1. The average Bonchev–Trinajstić information content (AvgIpc) is 2.64. The van der Waals surface area contributed by atoms with Gasteiger partial charge in [0, 0.05) is 25.0 Å². The van der Waals surface area contributed by atoms with Crippen molar-refractivity contribution in [1.29, 1.82) is 0 Å². The van der Waals surface area contributed by atoms with Gasteiger partial charge < -0.3 is 10.6 Å². The van der Waals surface area contributed by atoms with Crippen molar-refractivity contribution in [3.8, 4) is 0 Å². The van der Waals surface area contributed by atoms with Crippen LogP contribution in [0.25, 0.3) is 0 Å². The molecule has 2 aliphatic heterocycles. The van der Waals surface area contributed by atoms with Gasteiger partial charge in [0.25, 0.3) is 0 Å². The Morgan fingerprint density at radius 3 is 2.58 bits per heavy atom. The molecule has 2 aliphatic rings. The van der Waals surface area contributed by atoms with E-state index in [9.17, 15) is 17.6 Å². The standard InChI is InChI=1S/C18H26FN3O3S/c1-13-12-20-9-6-16(13)21-18(23)14-7-10-22(11-8-14)26(24,25)17-5-3-2-4-15(17)19/h2-5,13-14,16,20H,6-12H2,1H3,(H,21,23). The van der Waals surface area contributed by atoms with E-state index in [1.54, 1.807) is 0 Å². The first-order valence-corrected chi connectivity index (χ1v) is 10.6. The third kappa shape index (κ3) is 4.07. The molecule has 6 nitrogen and oxygen atoms in total. The van der Waals surface area contributed by atoms with E-state index in [0.29, 0.717) is 18.8 Å². The highest BCUT2D eigenvalue weighted by atomic mass is 32.2. The molecular formula is C18H26FN3O3S. The van der Waals surface area contributed by atoms with Crippen LogP contribution >= 0.6 is 0 Å². The van der Waals surface area contributed by atoms with Crippen LogP contribution in [0.5, 0.6) is 0 Å². The first-order valence-electron chi connectivity index (χ1n) is 9.15. The number of halogens is 1. The van der Waals surface area contributed by atoms with Crippen LogP contribution in [0, 0.1) is 17.7 Å². The molecule has 0 saturated carbocycles. The van der Waals surface area contributed by atoms with Gasteiger partial charge >= 0.3 is 0 Å². The van der Waals surface area contributed by atoms with E-state index in [0.717, 1.165) is 25.6 Å². The molecule has 0 spiro atoms. The molecule has 26 heavy (non-hydrogen) atoms. The Labute approximate surface area is 154 Å². The molecule has 0 bridgehead atoms. The number of nitrogens with zero attached hydrogens (tertiary/aromatic N) is 1. The van der Waals surface area contributed by atoms with Crippen LogP contribution in [0.2, 0.25) is 0 Å². The van der Waals surface area contributed by atoms with Gasteiger partial charge in [-0.1, -0.05) is 19.1 Å². The Kier molecular flexibility index (Phi) is 5.94. The Morgan fingerprint density at radius 2 is 1.92 bits per heavy atom. The maximum absolute atomic E-state index is 13.9. The lowest BCUT2D eigenvalue weighted by Crippen LogP contribution is -2.51. The summed E-state index contributed by atoms with van der Waals surface area (Å²) in [5, 5.41) is 6.43. The number of rotatable bonds is 4. The summed E-state index contributed by atoms with van der Waals surface area (Å²) in [6.45, 7) is 4.37. The fraction of sp³-hybridized carbons (Fsp3) is 0.611. The molecular weight excluding hydrogens is 357 g/mol. The van der Waals surface area contributed by atoms with Crippen LogP contribution < -0.4 is 10.6 Å². The highest BCUT2D eigenvalue weighted by molar-refractivity contribution is 7.89. The summed E-state index contributed by atoms with van der Waals surface area (Å²) in [6.07, 6.45) is 1.82. The number of carbonyl (C=O) groups is 1. The minimum Gasteiger partial charge on any atom is -0.353 e. The van der Waals surface area contributed by atoms with Crippen molar-refractivity contribution in [2.45, 2.75) is 37.1 Å². The molecule has 1 aromatic rings. The van der Waals surface area contributed by atoms with Gasteiger partial charge in [-0.2, -0.15) is 4.31 Å². The van der Waals surface area contributed by atoms with E-state index >= 15 is 0 Å². The van der Waals surface area contributed by atoms with Gasteiger partial charge in [0.05, 0.1) is 0 Å². The molecule has 144 valence electrons. The van der Waals surface area contributed by atoms with Crippen molar-refractivity contribution < 1.29 is 17.6 Å². The number of sulfonamides is 1. The van der Waals surface area contributed by atoms with E-state index < -0.39 is 15.8 Å². The Hall–Kier alpha value is -1.51. The number of piperidine rings is 2. The zero-order valence-corrected chi connectivity index (χ0v) is 15.8. The summed E-state index contributed by atoms with van der Waals surface area (Å²) in [7, 11) is -3.86. The fourth-order valence-corrected chi connectivity index (χ4v) is 5.22. The zero-order valence-electron chi connectivity index (χ0n) is 14.9. The van der Waals surface area contributed by atoms with Crippen LogP contribution in [0.4, 0.5) is 4.39 Å².